The third kappa shape index (κ3) is 5.33. The molecule has 144 valence electrons. The summed E-state index contributed by atoms with van der Waals surface area (Å²) in [7, 11) is 0.741. The first kappa shape index (κ1) is 20.0. The Morgan fingerprint density at radius 2 is 1.92 bits per heavy atom. The lowest BCUT2D eigenvalue weighted by atomic mass is 9.85. The van der Waals surface area contributed by atoms with Crippen molar-refractivity contribution in [1.82, 2.24) is 15.5 Å². The van der Waals surface area contributed by atoms with Crippen molar-refractivity contribution in [3.63, 3.8) is 0 Å². The van der Waals surface area contributed by atoms with E-state index < -0.39 is 9.84 Å². The molecule has 1 heterocycles. The van der Waals surface area contributed by atoms with Crippen LogP contribution in [0.25, 0.3) is 0 Å². The van der Waals surface area contributed by atoms with Crippen molar-refractivity contribution in [2.45, 2.75) is 39.0 Å². The van der Waals surface area contributed by atoms with Gasteiger partial charge in [0.05, 0.1) is 23.5 Å². The normalized spacial score (nSPS) is 24.9. The Balaban J connectivity index is 1.99. The largest absolute Gasteiger partial charge is 0.357 e. The summed E-state index contributed by atoms with van der Waals surface area (Å²) in [6.07, 6.45) is 4.61. The average molecular weight is 373 g/mol. The van der Waals surface area contributed by atoms with Gasteiger partial charge in [0.2, 0.25) is 5.91 Å². The molecule has 1 unspecified atom stereocenters. The van der Waals surface area contributed by atoms with Crippen LogP contribution in [-0.2, 0) is 14.6 Å². The highest BCUT2D eigenvalue weighted by Gasteiger charge is 2.42. The molecule has 1 aliphatic heterocycles. The van der Waals surface area contributed by atoms with E-state index in [9.17, 15) is 13.2 Å². The summed E-state index contributed by atoms with van der Waals surface area (Å²) in [5.41, 5.74) is -0.386. The third-order valence-electron chi connectivity index (χ3n) is 5.19. The van der Waals surface area contributed by atoms with E-state index >= 15 is 0 Å². The Labute approximate surface area is 151 Å². The van der Waals surface area contributed by atoms with Gasteiger partial charge in [-0.15, -0.1) is 0 Å². The van der Waals surface area contributed by atoms with Gasteiger partial charge in [-0.25, -0.2) is 8.42 Å². The molecule has 1 saturated heterocycles. The molecule has 1 atom stereocenters. The minimum Gasteiger partial charge on any atom is -0.357 e. The summed E-state index contributed by atoms with van der Waals surface area (Å²) in [6, 6.07) is 0. The van der Waals surface area contributed by atoms with Crippen LogP contribution in [0.15, 0.2) is 4.99 Å². The first-order valence-electron chi connectivity index (χ1n) is 9.22. The molecule has 0 spiro atoms. The fourth-order valence-corrected chi connectivity index (χ4v) is 5.67. The number of guanidine groups is 1. The fourth-order valence-electron chi connectivity index (χ4n) is 3.81. The minimum atomic E-state index is -2.86. The molecule has 8 heteroatoms. The van der Waals surface area contributed by atoms with Gasteiger partial charge in [0, 0.05) is 27.2 Å². The standard InChI is InChI=1S/C17H32N4O3S/c1-4-18-16(19-11-14-7-10-25(23,24)12-14)20-13-17(8-5-6-9-17)15(22)21(2)3/h14H,4-13H2,1-3H3,(H2,18,19,20). The van der Waals surface area contributed by atoms with Crippen molar-refractivity contribution in [3.8, 4) is 0 Å². The Morgan fingerprint density at radius 1 is 1.24 bits per heavy atom. The molecule has 7 nitrogen and oxygen atoms in total. The number of nitrogens with zero attached hydrogens (tertiary/aromatic N) is 2. The van der Waals surface area contributed by atoms with Crippen LogP contribution in [0.2, 0.25) is 0 Å². The molecule has 0 bridgehead atoms. The van der Waals surface area contributed by atoms with Crippen molar-refractivity contribution in [2.75, 3.05) is 45.2 Å². The maximum atomic E-state index is 12.6. The summed E-state index contributed by atoms with van der Waals surface area (Å²) in [4.78, 5) is 19.0. The lowest BCUT2D eigenvalue weighted by Crippen LogP contribution is -2.43. The molecule has 0 aromatic rings. The lowest BCUT2D eigenvalue weighted by molar-refractivity contribution is -0.138. The van der Waals surface area contributed by atoms with Crippen molar-refractivity contribution < 1.29 is 13.2 Å². The average Bonchev–Trinajstić information content (AvgIpc) is 3.16. The zero-order chi connectivity index (χ0) is 18.5. The summed E-state index contributed by atoms with van der Waals surface area (Å²) in [5.74, 6) is 1.50. The van der Waals surface area contributed by atoms with Crippen LogP contribution >= 0.6 is 0 Å². The van der Waals surface area contributed by atoms with Crippen LogP contribution in [0, 0.1) is 11.3 Å². The Bertz CT molecular complexity index is 595. The maximum absolute atomic E-state index is 12.6. The number of hydrogen-bond acceptors (Lipinski definition) is 4. The first-order valence-corrected chi connectivity index (χ1v) is 11.0. The third-order valence-corrected chi connectivity index (χ3v) is 7.03. The molecule has 2 N–H and O–H groups in total. The summed E-state index contributed by atoms with van der Waals surface area (Å²) >= 11 is 0. The molecule has 1 amide bonds. The highest BCUT2D eigenvalue weighted by atomic mass is 32.2. The molecule has 0 aromatic heterocycles. The number of rotatable bonds is 6. The number of aliphatic imine (C=N–C) groups is 1. The summed E-state index contributed by atoms with van der Waals surface area (Å²) in [5, 5.41) is 6.46. The van der Waals surface area contributed by atoms with Crippen LogP contribution in [-0.4, -0.2) is 70.4 Å². The second-order valence-corrected chi connectivity index (χ2v) is 9.76. The van der Waals surface area contributed by atoms with Gasteiger partial charge < -0.3 is 15.5 Å². The monoisotopic (exact) mass is 372 g/mol. The van der Waals surface area contributed by atoms with Gasteiger partial charge in [-0.05, 0) is 32.1 Å². The Hall–Kier alpha value is -1.31. The highest BCUT2D eigenvalue weighted by Crippen LogP contribution is 2.39. The van der Waals surface area contributed by atoms with E-state index in [0.717, 1.165) is 32.2 Å². The van der Waals surface area contributed by atoms with E-state index in [-0.39, 0.29) is 28.7 Å². The second kappa shape index (κ2) is 8.38. The Morgan fingerprint density at radius 3 is 2.44 bits per heavy atom. The van der Waals surface area contributed by atoms with Gasteiger partial charge in [0.1, 0.15) is 0 Å². The molecule has 2 fully saturated rings. The van der Waals surface area contributed by atoms with Crippen LogP contribution in [0.3, 0.4) is 0 Å². The van der Waals surface area contributed by atoms with Gasteiger partial charge in [0.25, 0.3) is 0 Å². The number of nitrogens with one attached hydrogen (secondary N) is 2. The summed E-state index contributed by atoms with van der Waals surface area (Å²) < 4.78 is 23.2. The van der Waals surface area contributed by atoms with E-state index in [1.54, 1.807) is 19.0 Å². The molecule has 2 aliphatic rings. The number of sulfone groups is 1. The van der Waals surface area contributed by atoms with Crippen LogP contribution < -0.4 is 10.6 Å². The molecular formula is C17H32N4O3S. The van der Waals surface area contributed by atoms with Crippen molar-refractivity contribution in [1.29, 1.82) is 0 Å². The molecule has 1 aliphatic carbocycles. The Kier molecular flexibility index (Phi) is 6.71. The molecule has 0 radical (unpaired) electrons. The SMILES string of the molecule is CCNC(=NCC1(C(=O)N(C)C)CCCC1)NCC1CCS(=O)(=O)C1. The van der Waals surface area contributed by atoms with E-state index in [1.165, 1.54) is 0 Å². The van der Waals surface area contributed by atoms with Crippen molar-refractivity contribution in [3.05, 3.63) is 0 Å². The predicted molar refractivity (Wildman–Crippen MR) is 100 cm³/mol. The van der Waals surface area contributed by atoms with Crippen LogP contribution in [0.1, 0.15) is 39.0 Å². The number of amides is 1. The molecule has 25 heavy (non-hydrogen) atoms. The number of hydrogen-bond donors (Lipinski definition) is 2. The van der Waals surface area contributed by atoms with Gasteiger partial charge >= 0.3 is 0 Å². The second-order valence-electron chi connectivity index (χ2n) is 7.53. The topological polar surface area (TPSA) is 90.9 Å². The van der Waals surface area contributed by atoms with Crippen LogP contribution in [0.5, 0.6) is 0 Å². The molecule has 0 aromatic carbocycles. The zero-order valence-electron chi connectivity index (χ0n) is 15.7. The highest BCUT2D eigenvalue weighted by molar-refractivity contribution is 7.91. The minimum absolute atomic E-state index is 0.137. The zero-order valence-corrected chi connectivity index (χ0v) is 16.5. The quantitative estimate of drug-likeness (QED) is 0.527. The van der Waals surface area contributed by atoms with Gasteiger partial charge in [-0.2, -0.15) is 0 Å². The van der Waals surface area contributed by atoms with E-state index in [4.69, 9.17) is 0 Å². The van der Waals surface area contributed by atoms with Crippen molar-refractivity contribution in [2.24, 2.45) is 16.3 Å². The van der Waals surface area contributed by atoms with Gasteiger partial charge in [0.15, 0.2) is 15.8 Å². The van der Waals surface area contributed by atoms with Crippen molar-refractivity contribution >= 4 is 21.7 Å². The van der Waals surface area contributed by atoms with E-state index in [2.05, 4.69) is 15.6 Å². The molecule has 1 saturated carbocycles. The van der Waals surface area contributed by atoms with E-state index in [0.29, 0.717) is 25.5 Å². The predicted octanol–water partition coefficient (Wildman–Crippen LogP) is 0.625. The fraction of sp³-hybridized carbons (Fsp3) is 0.882. The van der Waals surface area contributed by atoms with Crippen LogP contribution in [0.4, 0.5) is 0 Å². The summed E-state index contributed by atoms with van der Waals surface area (Å²) in [6.45, 7) is 3.79. The molecule has 2 rings (SSSR count). The van der Waals surface area contributed by atoms with E-state index in [1.807, 2.05) is 6.92 Å². The lowest BCUT2D eigenvalue weighted by Gasteiger charge is -2.29. The molecular weight excluding hydrogens is 340 g/mol. The first-order chi connectivity index (χ1) is 11.8. The number of carbonyl (C=O) groups excluding carboxylic acids is 1. The number of carbonyl (C=O) groups is 1. The smallest absolute Gasteiger partial charge is 0.230 e. The van der Waals surface area contributed by atoms with Gasteiger partial charge in [-0.3, -0.25) is 9.79 Å². The maximum Gasteiger partial charge on any atom is 0.230 e. The van der Waals surface area contributed by atoms with Gasteiger partial charge in [-0.1, -0.05) is 12.8 Å².